The lowest BCUT2D eigenvalue weighted by Crippen LogP contribution is -2.49. The molecule has 1 aliphatic rings. The molecule has 1 atom stereocenters. The molecule has 1 N–H and O–H groups in total. The number of rotatable bonds is 6. The summed E-state index contributed by atoms with van der Waals surface area (Å²) in [4.78, 5) is 15.4. The fourth-order valence-corrected chi connectivity index (χ4v) is 3.88. The lowest BCUT2D eigenvalue weighted by Gasteiger charge is -2.35. The zero-order chi connectivity index (χ0) is 15.2. The third kappa shape index (κ3) is 5.36. The van der Waals surface area contributed by atoms with E-state index >= 15 is 0 Å². The number of morpholine rings is 1. The third-order valence-electron chi connectivity index (χ3n) is 3.60. The Hall–Kier alpha value is -0.430. The molecule has 0 spiro atoms. The van der Waals surface area contributed by atoms with Crippen LogP contribution in [-0.2, 0) is 4.74 Å². The van der Waals surface area contributed by atoms with Crippen molar-refractivity contribution in [3.8, 4) is 0 Å². The lowest BCUT2D eigenvalue weighted by atomic mass is 10.0. The van der Waals surface area contributed by atoms with Crippen LogP contribution in [0.25, 0.3) is 0 Å². The van der Waals surface area contributed by atoms with Gasteiger partial charge in [0.05, 0.1) is 21.9 Å². The summed E-state index contributed by atoms with van der Waals surface area (Å²) in [6, 6.07) is 4.16. The number of nitrogens with zero attached hydrogens (tertiary/aromatic N) is 1. The van der Waals surface area contributed by atoms with Crippen LogP contribution in [-0.4, -0.2) is 49.7 Å². The highest BCUT2D eigenvalue weighted by Gasteiger charge is 2.22. The minimum atomic E-state index is 0.0210. The van der Waals surface area contributed by atoms with Gasteiger partial charge in [-0.05, 0) is 40.4 Å². The molecule has 1 amide bonds. The molecule has 1 aromatic rings. The number of thiophene rings is 1. The maximum Gasteiger partial charge on any atom is 0.261 e. The molecule has 1 aromatic heterocycles. The second-order valence-electron chi connectivity index (χ2n) is 5.75. The molecule has 118 valence electrons. The van der Waals surface area contributed by atoms with Gasteiger partial charge >= 0.3 is 0 Å². The predicted molar refractivity (Wildman–Crippen MR) is 90.0 cm³/mol. The average Bonchev–Trinajstić information content (AvgIpc) is 2.90. The van der Waals surface area contributed by atoms with Gasteiger partial charge in [0.25, 0.3) is 5.91 Å². The molecule has 0 radical (unpaired) electrons. The third-order valence-corrected chi connectivity index (χ3v) is 5.22. The molecule has 1 unspecified atom stereocenters. The van der Waals surface area contributed by atoms with Crippen molar-refractivity contribution < 1.29 is 9.53 Å². The normalized spacial score (nSPS) is 17.9. The van der Waals surface area contributed by atoms with Crippen molar-refractivity contribution in [2.45, 2.75) is 26.3 Å². The van der Waals surface area contributed by atoms with E-state index in [1.54, 1.807) is 0 Å². The van der Waals surface area contributed by atoms with E-state index in [0.29, 0.717) is 18.5 Å². The molecule has 4 nitrogen and oxygen atoms in total. The first-order chi connectivity index (χ1) is 10.1. The molecule has 0 aliphatic carbocycles. The number of amides is 1. The zero-order valence-electron chi connectivity index (χ0n) is 12.6. The van der Waals surface area contributed by atoms with E-state index < -0.39 is 0 Å². The van der Waals surface area contributed by atoms with Crippen LogP contribution in [0.3, 0.4) is 0 Å². The Balaban J connectivity index is 1.90. The van der Waals surface area contributed by atoms with E-state index in [-0.39, 0.29) is 5.91 Å². The molecule has 1 saturated heterocycles. The van der Waals surface area contributed by atoms with E-state index in [9.17, 15) is 4.79 Å². The fourth-order valence-electron chi connectivity index (χ4n) is 2.58. The number of ether oxygens (including phenoxy) is 1. The van der Waals surface area contributed by atoms with E-state index in [0.717, 1.165) is 41.4 Å². The first kappa shape index (κ1) is 16.9. The summed E-state index contributed by atoms with van der Waals surface area (Å²) in [7, 11) is 0. The van der Waals surface area contributed by atoms with Crippen LogP contribution in [0, 0.1) is 5.92 Å². The largest absolute Gasteiger partial charge is 0.379 e. The van der Waals surface area contributed by atoms with Crippen molar-refractivity contribution in [2.24, 2.45) is 5.92 Å². The topological polar surface area (TPSA) is 41.6 Å². The van der Waals surface area contributed by atoms with Crippen molar-refractivity contribution in [3.63, 3.8) is 0 Å². The van der Waals surface area contributed by atoms with Crippen molar-refractivity contribution in [1.29, 1.82) is 0 Å². The van der Waals surface area contributed by atoms with Gasteiger partial charge in [0.1, 0.15) is 0 Å². The second kappa shape index (κ2) is 8.27. The Labute approximate surface area is 139 Å². The molecule has 2 heterocycles. The molecule has 2 rings (SSSR count). The summed E-state index contributed by atoms with van der Waals surface area (Å²) < 4.78 is 6.41. The van der Waals surface area contributed by atoms with Gasteiger partial charge < -0.3 is 10.1 Å². The van der Waals surface area contributed by atoms with Crippen LogP contribution >= 0.6 is 27.3 Å². The molecule has 21 heavy (non-hydrogen) atoms. The van der Waals surface area contributed by atoms with Gasteiger partial charge in [0.2, 0.25) is 0 Å². The number of halogens is 1. The quantitative estimate of drug-likeness (QED) is 0.831. The molecule has 1 aliphatic heterocycles. The number of carbonyl (C=O) groups excluding carboxylic acids is 1. The van der Waals surface area contributed by atoms with Gasteiger partial charge in [0, 0.05) is 25.7 Å². The van der Waals surface area contributed by atoms with Gasteiger partial charge in [-0.15, -0.1) is 11.3 Å². The van der Waals surface area contributed by atoms with E-state index in [2.05, 4.69) is 40.0 Å². The minimum Gasteiger partial charge on any atom is -0.379 e. The van der Waals surface area contributed by atoms with Crippen molar-refractivity contribution >= 4 is 33.2 Å². The second-order valence-corrected chi connectivity index (χ2v) is 8.21. The minimum absolute atomic E-state index is 0.0210. The highest BCUT2D eigenvalue weighted by Crippen LogP contribution is 2.22. The lowest BCUT2D eigenvalue weighted by molar-refractivity contribution is 0.0125. The highest BCUT2D eigenvalue weighted by atomic mass is 79.9. The summed E-state index contributed by atoms with van der Waals surface area (Å²) in [5.41, 5.74) is 0. The number of hydrogen-bond donors (Lipinski definition) is 1. The van der Waals surface area contributed by atoms with E-state index in [1.807, 2.05) is 12.1 Å². The Bertz CT molecular complexity index is 458. The molecule has 6 heteroatoms. The van der Waals surface area contributed by atoms with Gasteiger partial charge in [-0.3, -0.25) is 9.69 Å². The first-order valence-corrected chi connectivity index (χ1v) is 9.02. The molecule has 0 saturated carbocycles. The zero-order valence-corrected chi connectivity index (χ0v) is 15.0. The monoisotopic (exact) mass is 374 g/mol. The van der Waals surface area contributed by atoms with Crippen molar-refractivity contribution in [3.05, 3.63) is 20.8 Å². The summed E-state index contributed by atoms with van der Waals surface area (Å²) in [6.45, 7) is 8.65. The Morgan fingerprint density at radius 3 is 2.71 bits per heavy atom. The Kier molecular flexibility index (Phi) is 6.67. The Morgan fingerprint density at radius 1 is 1.43 bits per heavy atom. The van der Waals surface area contributed by atoms with Crippen LogP contribution < -0.4 is 5.32 Å². The van der Waals surface area contributed by atoms with Crippen molar-refractivity contribution in [2.75, 3.05) is 32.8 Å². The number of carbonyl (C=O) groups is 1. The summed E-state index contributed by atoms with van der Waals surface area (Å²) in [5, 5.41) is 3.08. The Morgan fingerprint density at radius 2 is 2.14 bits per heavy atom. The highest BCUT2D eigenvalue weighted by molar-refractivity contribution is 9.11. The fraction of sp³-hybridized carbons (Fsp3) is 0.667. The number of nitrogens with one attached hydrogen (secondary N) is 1. The molecule has 1 fully saturated rings. The standard InChI is InChI=1S/C15H23BrN2O2S/c1-11(2)9-12(18-5-7-20-8-6-18)10-17-15(19)13-3-4-14(16)21-13/h3-4,11-12H,5-10H2,1-2H3,(H,17,19). The van der Waals surface area contributed by atoms with Crippen LogP contribution in [0.5, 0.6) is 0 Å². The number of hydrogen-bond acceptors (Lipinski definition) is 4. The van der Waals surface area contributed by atoms with Crippen LogP contribution in [0.1, 0.15) is 29.9 Å². The van der Waals surface area contributed by atoms with Gasteiger partial charge in [-0.1, -0.05) is 13.8 Å². The summed E-state index contributed by atoms with van der Waals surface area (Å²) in [6.07, 6.45) is 1.09. The molecular formula is C15H23BrN2O2S. The smallest absolute Gasteiger partial charge is 0.261 e. The molecule has 0 bridgehead atoms. The average molecular weight is 375 g/mol. The van der Waals surface area contributed by atoms with E-state index in [1.165, 1.54) is 11.3 Å². The summed E-state index contributed by atoms with van der Waals surface area (Å²) >= 11 is 4.86. The first-order valence-electron chi connectivity index (χ1n) is 7.41. The summed E-state index contributed by atoms with van der Waals surface area (Å²) in [5.74, 6) is 0.637. The van der Waals surface area contributed by atoms with Gasteiger partial charge in [-0.2, -0.15) is 0 Å². The van der Waals surface area contributed by atoms with Crippen LogP contribution in [0.4, 0.5) is 0 Å². The van der Waals surface area contributed by atoms with Crippen LogP contribution in [0.2, 0.25) is 0 Å². The maximum absolute atomic E-state index is 12.2. The van der Waals surface area contributed by atoms with E-state index in [4.69, 9.17) is 4.74 Å². The SMILES string of the molecule is CC(C)CC(CNC(=O)c1ccc(Br)s1)N1CCOCC1. The van der Waals surface area contributed by atoms with Crippen molar-refractivity contribution in [1.82, 2.24) is 10.2 Å². The van der Waals surface area contributed by atoms with Gasteiger partial charge in [0.15, 0.2) is 0 Å². The maximum atomic E-state index is 12.2. The van der Waals surface area contributed by atoms with Crippen LogP contribution in [0.15, 0.2) is 15.9 Å². The predicted octanol–water partition coefficient (Wildman–Crippen LogP) is 2.99. The molecule has 0 aromatic carbocycles. The van der Waals surface area contributed by atoms with Gasteiger partial charge in [-0.25, -0.2) is 0 Å². The molecular weight excluding hydrogens is 352 g/mol.